The highest BCUT2D eigenvalue weighted by atomic mass is 32.1. The summed E-state index contributed by atoms with van der Waals surface area (Å²) in [5.41, 5.74) is 1.41. The summed E-state index contributed by atoms with van der Waals surface area (Å²) in [7, 11) is 0. The van der Waals surface area contributed by atoms with Crippen molar-refractivity contribution < 1.29 is 14.7 Å². The number of carbonyl (C=O) groups excluding carboxylic acids is 1. The average Bonchev–Trinajstić information content (AvgIpc) is 2.96. The molecule has 4 nitrogen and oxygen atoms in total. The number of carboxylic acids is 1. The topological polar surface area (TPSA) is 66.4 Å². The summed E-state index contributed by atoms with van der Waals surface area (Å²) in [6.07, 6.45) is 1.81. The Bertz CT molecular complexity index is 702. The van der Waals surface area contributed by atoms with E-state index in [-0.39, 0.29) is 22.2 Å². The number of amides is 1. The predicted molar refractivity (Wildman–Crippen MR) is 85.6 cm³/mol. The van der Waals surface area contributed by atoms with Gasteiger partial charge in [0.1, 0.15) is 4.88 Å². The van der Waals surface area contributed by atoms with Crippen LogP contribution in [0.1, 0.15) is 44.7 Å². The second kappa shape index (κ2) is 5.57. The van der Waals surface area contributed by atoms with Gasteiger partial charge in [-0.2, -0.15) is 0 Å². The quantitative estimate of drug-likeness (QED) is 0.910. The number of hydrogen-bond donors (Lipinski definition) is 2. The smallest absolute Gasteiger partial charge is 0.345 e. The van der Waals surface area contributed by atoms with Crippen molar-refractivity contribution in [3.05, 3.63) is 57.8 Å². The molecule has 0 radical (unpaired) electrons. The summed E-state index contributed by atoms with van der Waals surface area (Å²) in [5, 5.41) is 11.9. The Balaban J connectivity index is 1.59. The number of carboxylic acid groups (broad SMARTS) is 1. The van der Waals surface area contributed by atoms with E-state index in [9.17, 15) is 9.59 Å². The molecule has 1 fully saturated rings. The fourth-order valence-electron chi connectivity index (χ4n) is 3.04. The molecule has 1 aliphatic rings. The minimum absolute atomic E-state index is 0.112. The number of carbonyl (C=O) groups is 2. The fraction of sp³-hybridized carbons (Fsp3) is 0.294. The Hall–Kier alpha value is -2.14. The first-order valence-electron chi connectivity index (χ1n) is 7.17. The second-order valence-electron chi connectivity index (χ2n) is 5.97. The minimum Gasteiger partial charge on any atom is -0.477 e. The first-order valence-corrected chi connectivity index (χ1v) is 7.99. The highest BCUT2D eigenvalue weighted by Crippen LogP contribution is 2.43. The van der Waals surface area contributed by atoms with Crippen LogP contribution in [0, 0.1) is 0 Å². The Kier molecular flexibility index (Phi) is 3.74. The van der Waals surface area contributed by atoms with Gasteiger partial charge in [0.25, 0.3) is 5.91 Å². The molecule has 0 aliphatic heterocycles. The number of thiophene rings is 1. The Morgan fingerprint density at radius 1 is 1.14 bits per heavy atom. The third kappa shape index (κ3) is 2.76. The van der Waals surface area contributed by atoms with E-state index in [4.69, 9.17) is 5.11 Å². The molecule has 0 saturated heterocycles. The maximum absolute atomic E-state index is 12.1. The van der Waals surface area contributed by atoms with Crippen LogP contribution >= 0.6 is 11.3 Å². The van der Waals surface area contributed by atoms with Gasteiger partial charge in [0.15, 0.2) is 0 Å². The number of rotatable bonds is 4. The molecule has 22 heavy (non-hydrogen) atoms. The number of nitrogens with one attached hydrogen (secondary N) is 1. The summed E-state index contributed by atoms with van der Waals surface area (Å²) >= 11 is 1.01. The van der Waals surface area contributed by atoms with Gasteiger partial charge in [-0.15, -0.1) is 11.3 Å². The van der Waals surface area contributed by atoms with Crippen molar-refractivity contribution >= 4 is 23.2 Å². The van der Waals surface area contributed by atoms with Crippen LogP contribution in [0.3, 0.4) is 0 Å². The lowest BCUT2D eigenvalue weighted by molar-refractivity contribution is 0.0702. The fourth-order valence-corrected chi connectivity index (χ4v) is 3.79. The Morgan fingerprint density at radius 3 is 2.36 bits per heavy atom. The normalized spacial score (nSPS) is 23.6. The van der Waals surface area contributed by atoms with E-state index in [1.807, 2.05) is 18.2 Å². The van der Waals surface area contributed by atoms with Gasteiger partial charge < -0.3 is 10.4 Å². The zero-order valence-corrected chi connectivity index (χ0v) is 13.0. The minimum atomic E-state index is -0.996. The van der Waals surface area contributed by atoms with Crippen molar-refractivity contribution in [2.75, 3.05) is 0 Å². The lowest BCUT2D eigenvalue weighted by Gasteiger charge is -2.46. The highest BCUT2D eigenvalue weighted by molar-refractivity contribution is 7.15. The second-order valence-corrected chi connectivity index (χ2v) is 7.06. The van der Waals surface area contributed by atoms with Gasteiger partial charge in [-0.1, -0.05) is 37.3 Å². The zero-order valence-electron chi connectivity index (χ0n) is 12.2. The molecule has 2 N–H and O–H groups in total. The van der Waals surface area contributed by atoms with E-state index < -0.39 is 5.97 Å². The molecule has 1 aromatic heterocycles. The molecule has 0 unspecified atom stereocenters. The van der Waals surface area contributed by atoms with E-state index in [0.29, 0.717) is 4.88 Å². The molecule has 1 heterocycles. The highest BCUT2D eigenvalue weighted by Gasteiger charge is 2.42. The standard InChI is InChI=1S/C17H17NO3S/c1-17(11-5-3-2-4-6-11)9-12(10-17)18-15(19)13-7-8-14(22-13)16(20)21/h2-8,12H,9-10H2,1H3,(H,18,19)(H,20,21). The van der Waals surface area contributed by atoms with Gasteiger partial charge in [-0.05, 0) is 36.0 Å². The molecular weight excluding hydrogens is 298 g/mol. The van der Waals surface area contributed by atoms with Crippen LogP contribution in [0.15, 0.2) is 42.5 Å². The van der Waals surface area contributed by atoms with Gasteiger partial charge in [0.2, 0.25) is 0 Å². The third-order valence-electron chi connectivity index (χ3n) is 4.24. The van der Waals surface area contributed by atoms with Crippen molar-refractivity contribution in [2.45, 2.75) is 31.2 Å². The van der Waals surface area contributed by atoms with Gasteiger partial charge in [-0.3, -0.25) is 4.79 Å². The van der Waals surface area contributed by atoms with E-state index in [1.165, 1.54) is 11.6 Å². The van der Waals surface area contributed by atoms with Crippen LogP contribution in [0.5, 0.6) is 0 Å². The van der Waals surface area contributed by atoms with Gasteiger partial charge in [0.05, 0.1) is 4.88 Å². The lowest BCUT2D eigenvalue weighted by atomic mass is 9.63. The first-order chi connectivity index (χ1) is 10.5. The zero-order chi connectivity index (χ0) is 15.7. The van der Waals surface area contributed by atoms with Gasteiger partial charge in [0, 0.05) is 6.04 Å². The van der Waals surface area contributed by atoms with E-state index in [2.05, 4.69) is 24.4 Å². The van der Waals surface area contributed by atoms with E-state index in [1.54, 1.807) is 6.07 Å². The van der Waals surface area contributed by atoms with Crippen LogP contribution in [-0.2, 0) is 5.41 Å². The molecular formula is C17H17NO3S. The Labute approximate surface area is 132 Å². The number of benzene rings is 1. The van der Waals surface area contributed by atoms with Crippen LogP contribution < -0.4 is 5.32 Å². The van der Waals surface area contributed by atoms with Crippen molar-refractivity contribution in [1.82, 2.24) is 5.32 Å². The maximum Gasteiger partial charge on any atom is 0.345 e. The van der Waals surface area contributed by atoms with Crippen LogP contribution in [-0.4, -0.2) is 23.0 Å². The van der Waals surface area contributed by atoms with E-state index in [0.717, 1.165) is 24.2 Å². The van der Waals surface area contributed by atoms with Crippen LogP contribution in [0.4, 0.5) is 0 Å². The van der Waals surface area contributed by atoms with Crippen molar-refractivity contribution in [1.29, 1.82) is 0 Å². The molecule has 2 aromatic rings. The predicted octanol–water partition coefficient (Wildman–Crippen LogP) is 3.30. The Morgan fingerprint density at radius 2 is 1.77 bits per heavy atom. The summed E-state index contributed by atoms with van der Waals surface area (Å²) in [6.45, 7) is 2.21. The summed E-state index contributed by atoms with van der Waals surface area (Å²) in [6, 6.07) is 13.5. The lowest BCUT2D eigenvalue weighted by Crippen LogP contribution is -2.51. The summed E-state index contributed by atoms with van der Waals surface area (Å²) < 4.78 is 0. The van der Waals surface area contributed by atoms with Gasteiger partial charge in [-0.25, -0.2) is 4.79 Å². The molecule has 0 bridgehead atoms. The molecule has 1 aromatic carbocycles. The van der Waals surface area contributed by atoms with Crippen LogP contribution in [0.2, 0.25) is 0 Å². The largest absolute Gasteiger partial charge is 0.477 e. The molecule has 3 rings (SSSR count). The van der Waals surface area contributed by atoms with E-state index >= 15 is 0 Å². The van der Waals surface area contributed by atoms with Crippen molar-refractivity contribution in [3.8, 4) is 0 Å². The molecule has 5 heteroatoms. The maximum atomic E-state index is 12.1. The first kappa shape index (κ1) is 14.8. The molecule has 0 atom stereocenters. The number of hydrogen-bond acceptors (Lipinski definition) is 3. The molecule has 1 amide bonds. The molecule has 114 valence electrons. The molecule has 1 aliphatic carbocycles. The third-order valence-corrected chi connectivity index (χ3v) is 5.31. The SMILES string of the molecule is CC1(c2ccccc2)CC(NC(=O)c2ccc(C(=O)O)s2)C1. The van der Waals surface area contributed by atoms with Crippen molar-refractivity contribution in [2.24, 2.45) is 0 Å². The summed E-state index contributed by atoms with van der Waals surface area (Å²) in [4.78, 5) is 23.6. The van der Waals surface area contributed by atoms with Gasteiger partial charge >= 0.3 is 5.97 Å². The number of aromatic carboxylic acids is 1. The van der Waals surface area contributed by atoms with Crippen LogP contribution in [0.25, 0.3) is 0 Å². The van der Waals surface area contributed by atoms with Crippen molar-refractivity contribution in [3.63, 3.8) is 0 Å². The molecule has 1 saturated carbocycles. The summed E-state index contributed by atoms with van der Waals surface area (Å²) in [5.74, 6) is -1.18. The monoisotopic (exact) mass is 315 g/mol. The average molecular weight is 315 g/mol. The molecule has 0 spiro atoms.